The first-order valence-corrected chi connectivity index (χ1v) is 5.08. The smallest absolute Gasteiger partial charge is 0.223 e. The van der Waals surface area contributed by atoms with E-state index in [1.165, 1.54) is 0 Å². The van der Waals surface area contributed by atoms with Crippen molar-refractivity contribution in [3.8, 4) is 0 Å². The zero-order chi connectivity index (χ0) is 10.4. The van der Waals surface area contributed by atoms with Gasteiger partial charge in [-0.15, -0.1) is 0 Å². The third kappa shape index (κ3) is 3.10. The lowest BCUT2D eigenvalue weighted by Crippen LogP contribution is -2.29. The minimum absolute atomic E-state index is 0.0715. The molecule has 1 aliphatic heterocycles. The zero-order valence-corrected chi connectivity index (χ0v) is 8.57. The monoisotopic (exact) mass is 199 g/mol. The summed E-state index contributed by atoms with van der Waals surface area (Å²) in [6.07, 6.45) is 2.23. The van der Waals surface area contributed by atoms with E-state index in [1.54, 1.807) is 4.90 Å². The van der Waals surface area contributed by atoms with E-state index in [9.17, 15) is 9.59 Å². The third-order valence-electron chi connectivity index (χ3n) is 2.29. The molecule has 14 heavy (non-hydrogen) atoms. The number of ether oxygens (including phenoxy) is 1. The van der Waals surface area contributed by atoms with Crippen LogP contribution in [0.1, 0.15) is 19.8 Å². The average molecular weight is 199 g/mol. The fraction of sp³-hybridized carbons (Fsp3) is 0.800. The first kappa shape index (κ1) is 11.2. The predicted molar refractivity (Wildman–Crippen MR) is 51.9 cm³/mol. The van der Waals surface area contributed by atoms with E-state index in [0.717, 1.165) is 19.3 Å². The summed E-state index contributed by atoms with van der Waals surface area (Å²) in [5.41, 5.74) is 0. The predicted octanol–water partition coefficient (Wildman–Crippen LogP) is 0.460. The quantitative estimate of drug-likeness (QED) is 0.461. The first-order valence-electron chi connectivity index (χ1n) is 5.08. The summed E-state index contributed by atoms with van der Waals surface area (Å²) in [7, 11) is 0. The molecule has 1 atom stereocenters. The molecule has 0 bridgehead atoms. The standard InChI is InChI=1S/C10H17NO3/c1-2-4-14-5-3-11-7-9(8-12)6-10(11)13/h8-9H,2-7H2,1H3. The van der Waals surface area contributed by atoms with Crippen LogP contribution in [0.15, 0.2) is 0 Å². The van der Waals surface area contributed by atoms with Crippen LogP contribution in [0.25, 0.3) is 0 Å². The van der Waals surface area contributed by atoms with Gasteiger partial charge < -0.3 is 14.4 Å². The maximum atomic E-state index is 11.3. The Morgan fingerprint density at radius 3 is 2.93 bits per heavy atom. The Bertz CT molecular complexity index is 206. The molecule has 0 spiro atoms. The normalized spacial score (nSPS) is 21.6. The van der Waals surface area contributed by atoms with Crippen LogP contribution in [-0.2, 0) is 14.3 Å². The number of aldehydes is 1. The lowest BCUT2D eigenvalue weighted by atomic mass is 10.1. The number of nitrogens with zero attached hydrogens (tertiary/aromatic N) is 1. The molecule has 4 heteroatoms. The topological polar surface area (TPSA) is 46.6 Å². The minimum Gasteiger partial charge on any atom is -0.380 e. The van der Waals surface area contributed by atoms with E-state index in [0.29, 0.717) is 26.1 Å². The average Bonchev–Trinajstić information content (AvgIpc) is 2.54. The number of amides is 1. The summed E-state index contributed by atoms with van der Waals surface area (Å²) in [6, 6.07) is 0. The van der Waals surface area contributed by atoms with Gasteiger partial charge in [0.25, 0.3) is 0 Å². The summed E-state index contributed by atoms with van der Waals surface area (Å²) in [6.45, 7) is 4.54. The first-order chi connectivity index (χ1) is 6.77. The van der Waals surface area contributed by atoms with Gasteiger partial charge in [0.15, 0.2) is 0 Å². The van der Waals surface area contributed by atoms with E-state index < -0.39 is 0 Å². The van der Waals surface area contributed by atoms with Crippen LogP contribution >= 0.6 is 0 Å². The van der Waals surface area contributed by atoms with Crippen molar-refractivity contribution in [3.05, 3.63) is 0 Å². The lowest BCUT2D eigenvalue weighted by molar-refractivity contribution is -0.128. The fourth-order valence-electron chi connectivity index (χ4n) is 1.53. The van der Waals surface area contributed by atoms with Gasteiger partial charge in [-0.3, -0.25) is 4.79 Å². The highest BCUT2D eigenvalue weighted by Crippen LogP contribution is 2.14. The second-order valence-electron chi connectivity index (χ2n) is 3.55. The number of hydrogen-bond acceptors (Lipinski definition) is 3. The molecule has 0 aliphatic carbocycles. The molecule has 1 rings (SSSR count). The Hall–Kier alpha value is -0.900. The summed E-state index contributed by atoms with van der Waals surface area (Å²) >= 11 is 0. The molecule has 0 aromatic rings. The maximum Gasteiger partial charge on any atom is 0.223 e. The Labute approximate surface area is 84.2 Å². The van der Waals surface area contributed by atoms with E-state index in [2.05, 4.69) is 0 Å². The number of rotatable bonds is 6. The largest absolute Gasteiger partial charge is 0.380 e. The molecule has 80 valence electrons. The van der Waals surface area contributed by atoms with Gasteiger partial charge in [0, 0.05) is 32.0 Å². The van der Waals surface area contributed by atoms with Crippen LogP contribution in [0.4, 0.5) is 0 Å². The summed E-state index contributed by atoms with van der Waals surface area (Å²) < 4.78 is 5.28. The van der Waals surface area contributed by atoms with Crippen LogP contribution in [0.5, 0.6) is 0 Å². The van der Waals surface area contributed by atoms with Crippen molar-refractivity contribution in [1.29, 1.82) is 0 Å². The number of likely N-dealkylation sites (tertiary alicyclic amines) is 1. The molecule has 1 heterocycles. The van der Waals surface area contributed by atoms with Crippen molar-refractivity contribution < 1.29 is 14.3 Å². The molecule has 1 fully saturated rings. The molecule has 1 amide bonds. The Kier molecular flexibility index (Phi) is 4.59. The van der Waals surface area contributed by atoms with Crippen LogP contribution < -0.4 is 0 Å². The van der Waals surface area contributed by atoms with Crippen LogP contribution in [0, 0.1) is 5.92 Å². The van der Waals surface area contributed by atoms with Gasteiger partial charge in [0.05, 0.1) is 6.61 Å². The van der Waals surface area contributed by atoms with Crippen LogP contribution in [0.2, 0.25) is 0 Å². The van der Waals surface area contributed by atoms with E-state index in [4.69, 9.17) is 4.74 Å². The van der Waals surface area contributed by atoms with Crippen molar-refractivity contribution >= 4 is 12.2 Å². The van der Waals surface area contributed by atoms with Gasteiger partial charge in [-0.05, 0) is 6.42 Å². The highest BCUT2D eigenvalue weighted by atomic mass is 16.5. The van der Waals surface area contributed by atoms with Crippen molar-refractivity contribution in [2.24, 2.45) is 5.92 Å². The van der Waals surface area contributed by atoms with Gasteiger partial charge in [-0.25, -0.2) is 0 Å². The highest BCUT2D eigenvalue weighted by molar-refractivity contribution is 5.82. The van der Waals surface area contributed by atoms with E-state index in [1.807, 2.05) is 6.92 Å². The minimum atomic E-state index is -0.103. The summed E-state index contributed by atoms with van der Waals surface area (Å²) in [4.78, 5) is 23.5. The molecule has 0 radical (unpaired) electrons. The van der Waals surface area contributed by atoms with E-state index in [-0.39, 0.29) is 11.8 Å². The lowest BCUT2D eigenvalue weighted by Gasteiger charge is -2.15. The number of carbonyl (C=O) groups is 2. The van der Waals surface area contributed by atoms with Crippen LogP contribution in [0.3, 0.4) is 0 Å². The molecule has 0 aromatic heterocycles. The maximum absolute atomic E-state index is 11.3. The number of carbonyl (C=O) groups excluding carboxylic acids is 2. The number of hydrogen-bond donors (Lipinski definition) is 0. The molecule has 1 saturated heterocycles. The highest BCUT2D eigenvalue weighted by Gasteiger charge is 2.28. The molecule has 1 unspecified atom stereocenters. The van der Waals surface area contributed by atoms with Crippen molar-refractivity contribution in [2.45, 2.75) is 19.8 Å². The van der Waals surface area contributed by atoms with Crippen LogP contribution in [-0.4, -0.2) is 43.4 Å². The third-order valence-corrected chi connectivity index (χ3v) is 2.29. The summed E-state index contributed by atoms with van der Waals surface area (Å²) in [5.74, 6) is -0.0316. The molecule has 0 aromatic carbocycles. The van der Waals surface area contributed by atoms with Gasteiger partial charge >= 0.3 is 0 Å². The van der Waals surface area contributed by atoms with Gasteiger partial charge in [0.2, 0.25) is 5.91 Å². The van der Waals surface area contributed by atoms with Gasteiger partial charge in [0.1, 0.15) is 6.29 Å². The Balaban J connectivity index is 2.18. The SMILES string of the molecule is CCCOCCN1CC(C=O)CC1=O. The summed E-state index contributed by atoms with van der Waals surface area (Å²) in [5, 5.41) is 0. The molecule has 4 nitrogen and oxygen atoms in total. The second-order valence-corrected chi connectivity index (χ2v) is 3.55. The van der Waals surface area contributed by atoms with Gasteiger partial charge in [-0.2, -0.15) is 0 Å². The van der Waals surface area contributed by atoms with Crippen molar-refractivity contribution in [3.63, 3.8) is 0 Å². The molecular formula is C10H17NO3. The fourth-order valence-corrected chi connectivity index (χ4v) is 1.53. The second kappa shape index (κ2) is 5.75. The molecular weight excluding hydrogens is 182 g/mol. The van der Waals surface area contributed by atoms with Crippen molar-refractivity contribution in [2.75, 3.05) is 26.3 Å². The molecule has 1 aliphatic rings. The Morgan fingerprint density at radius 2 is 2.36 bits per heavy atom. The van der Waals surface area contributed by atoms with Crippen molar-refractivity contribution in [1.82, 2.24) is 4.90 Å². The zero-order valence-electron chi connectivity index (χ0n) is 8.57. The molecule has 0 saturated carbocycles. The van der Waals surface area contributed by atoms with E-state index >= 15 is 0 Å². The molecule has 0 N–H and O–H groups in total. The van der Waals surface area contributed by atoms with Gasteiger partial charge in [-0.1, -0.05) is 6.92 Å². The Morgan fingerprint density at radius 1 is 1.57 bits per heavy atom.